The number of nitrogens with one attached hydrogen (secondary N) is 1. The third-order valence-corrected chi connectivity index (χ3v) is 3.69. The number of aryl methyl sites for hydroxylation is 1. The Morgan fingerprint density at radius 3 is 2.86 bits per heavy atom. The SMILES string of the molecule is CCCC(NC(=O)c1cc(Cl)ccc1OC)c1nccn1C. The average Bonchev–Trinajstić information content (AvgIpc) is 2.92. The van der Waals surface area contributed by atoms with Crippen molar-refractivity contribution in [3.63, 3.8) is 0 Å². The summed E-state index contributed by atoms with van der Waals surface area (Å²) in [7, 11) is 3.44. The molecule has 0 aliphatic carbocycles. The minimum absolute atomic E-state index is 0.152. The predicted molar refractivity (Wildman–Crippen MR) is 86.3 cm³/mol. The number of ether oxygens (including phenoxy) is 1. The first-order valence-electron chi connectivity index (χ1n) is 7.18. The van der Waals surface area contributed by atoms with Crippen LogP contribution in [0.3, 0.4) is 0 Å². The standard InChI is InChI=1S/C16H20ClN3O2/c1-4-5-13(15-18-8-9-20(15)2)19-16(21)12-10-11(17)6-7-14(12)22-3/h6-10,13H,4-5H2,1-3H3,(H,19,21). The molecule has 0 saturated carbocycles. The lowest BCUT2D eigenvalue weighted by Gasteiger charge is -2.19. The van der Waals surface area contributed by atoms with Crippen LogP contribution in [0.25, 0.3) is 0 Å². The Labute approximate surface area is 135 Å². The second kappa shape index (κ2) is 7.31. The highest BCUT2D eigenvalue weighted by Gasteiger charge is 2.20. The number of halogens is 1. The first-order valence-corrected chi connectivity index (χ1v) is 7.56. The Hall–Kier alpha value is -2.01. The number of nitrogens with zero attached hydrogens (tertiary/aromatic N) is 2. The fourth-order valence-corrected chi connectivity index (χ4v) is 2.53. The lowest BCUT2D eigenvalue weighted by Crippen LogP contribution is -2.30. The fraction of sp³-hybridized carbons (Fsp3) is 0.375. The van der Waals surface area contributed by atoms with Crippen molar-refractivity contribution >= 4 is 17.5 Å². The average molecular weight is 322 g/mol. The van der Waals surface area contributed by atoms with Crippen molar-refractivity contribution in [1.29, 1.82) is 0 Å². The molecule has 1 heterocycles. The molecule has 0 fully saturated rings. The van der Waals surface area contributed by atoms with Gasteiger partial charge in [0.25, 0.3) is 5.91 Å². The summed E-state index contributed by atoms with van der Waals surface area (Å²) < 4.78 is 7.15. The highest BCUT2D eigenvalue weighted by molar-refractivity contribution is 6.31. The zero-order chi connectivity index (χ0) is 16.1. The van der Waals surface area contributed by atoms with Crippen molar-refractivity contribution in [3.05, 3.63) is 47.0 Å². The van der Waals surface area contributed by atoms with Gasteiger partial charge in [0, 0.05) is 24.5 Å². The Bertz CT molecular complexity index is 655. The Morgan fingerprint density at radius 2 is 2.27 bits per heavy atom. The molecule has 0 spiro atoms. The second-order valence-corrected chi connectivity index (χ2v) is 5.49. The van der Waals surface area contributed by atoms with Crippen LogP contribution >= 0.6 is 11.6 Å². The molecule has 0 bridgehead atoms. The van der Waals surface area contributed by atoms with E-state index in [0.29, 0.717) is 16.3 Å². The Balaban J connectivity index is 2.25. The van der Waals surface area contributed by atoms with Crippen LogP contribution in [-0.2, 0) is 7.05 Å². The molecule has 2 aromatic rings. The molecule has 0 aliphatic heterocycles. The number of carbonyl (C=O) groups is 1. The van der Waals surface area contributed by atoms with Crippen molar-refractivity contribution in [3.8, 4) is 5.75 Å². The third-order valence-electron chi connectivity index (χ3n) is 3.46. The topological polar surface area (TPSA) is 56.1 Å². The molecule has 1 atom stereocenters. The fourth-order valence-electron chi connectivity index (χ4n) is 2.36. The zero-order valence-corrected chi connectivity index (χ0v) is 13.7. The van der Waals surface area contributed by atoms with Gasteiger partial charge in [-0.15, -0.1) is 0 Å². The van der Waals surface area contributed by atoms with Crippen LogP contribution < -0.4 is 10.1 Å². The summed E-state index contributed by atoms with van der Waals surface area (Å²) >= 11 is 5.99. The van der Waals surface area contributed by atoms with Gasteiger partial charge in [-0.05, 0) is 24.6 Å². The van der Waals surface area contributed by atoms with Gasteiger partial charge in [-0.25, -0.2) is 4.98 Å². The maximum atomic E-state index is 12.6. The van der Waals surface area contributed by atoms with E-state index < -0.39 is 0 Å². The molecule has 1 amide bonds. The van der Waals surface area contributed by atoms with E-state index in [4.69, 9.17) is 16.3 Å². The minimum Gasteiger partial charge on any atom is -0.496 e. The maximum Gasteiger partial charge on any atom is 0.255 e. The van der Waals surface area contributed by atoms with Gasteiger partial charge in [0.05, 0.1) is 18.7 Å². The van der Waals surface area contributed by atoms with Gasteiger partial charge < -0.3 is 14.6 Å². The number of hydrogen-bond acceptors (Lipinski definition) is 3. The predicted octanol–water partition coefficient (Wildman–Crippen LogP) is 3.35. The molecular formula is C16H20ClN3O2. The van der Waals surface area contributed by atoms with Crippen LogP contribution in [0.1, 0.15) is 42.0 Å². The van der Waals surface area contributed by atoms with Crippen LogP contribution in [0.5, 0.6) is 5.75 Å². The van der Waals surface area contributed by atoms with E-state index in [2.05, 4.69) is 17.2 Å². The summed E-state index contributed by atoms with van der Waals surface area (Å²) in [5.74, 6) is 1.11. The van der Waals surface area contributed by atoms with Gasteiger partial charge >= 0.3 is 0 Å². The van der Waals surface area contributed by atoms with Gasteiger partial charge in [-0.2, -0.15) is 0 Å². The molecule has 1 unspecified atom stereocenters. The quantitative estimate of drug-likeness (QED) is 0.887. The van der Waals surface area contributed by atoms with Gasteiger partial charge in [0.15, 0.2) is 0 Å². The number of amides is 1. The van der Waals surface area contributed by atoms with E-state index in [0.717, 1.165) is 18.7 Å². The maximum absolute atomic E-state index is 12.6. The summed E-state index contributed by atoms with van der Waals surface area (Å²) in [6, 6.07) is 4.84. The number of carbonyl (C=O) groups excluding carboxylic acids is 1. The molecular weight excluding hydrogens is 302 g/mol. The Kier molecular flexibility index (Phi) is 5.44. The Morgan fingerprint density at radius 1 is 1.50 bits per heavy atom. The highest BCUT2D eigenvalue weighted by Crippen LogP contribution is 2.24. The first kappa shape index (κ1) is 16.4. The van der Waals surface area contributed by atoms with E-state index in [1.807, 2.05) is 17.8 Å². The van der Waals surface area contributed by atoms with Gasteiger partial charge in [0.2, 0.25) is 0 Å². The monoisotopic (exact) mass is 321 g/mol. The van der Waals surface area contributed by atoms with Crippen molar-refractivity contribution in [2.45, 2.75) is 25.8 Å². The number of rotatable bonds is 6. The third kappa shape index (κ3) is 3.60. The van der Waals surface area contributed by atoms with Crippen LogP contribution in [0, 0.1) is 0 Å². The van der Waals surface area contributed by atoms with E-state index >= 15 is 0 Å². The molecule has 2 rings (SSSR count). The van der Waals surface area contributed by atoms with Crippen molar-refractivity contribution in [2.24, 2.45) is 7.05 Å². The molecule has 0 saturated heterocycles. The zero-order valence-electron chi connectivity index (χ0n) is 13.0. The summed E-state index contributed by atoms with van der Waals surface area (Å²) in [6.07, 6.45) is 5.33. The normalized spacial score (nSPS) is 12.0. The lowest BCUT2D eigenvalue weighted by atomic mass is 10.1. The number of imidazole rings is 1. The molecule has 22 heavy (non-hydrogen) atoms. The van der Waals surface area contributed by atoms with Gasteiger partial charge in [-0.3, -0.25) is 4.79 Å². The van der Waals surface area contributed by atoms with Gasteiger partial charge in [-0.1, -0.05) is 24.9 Å². The summed E-state index contributed by atoms with van der Waals surface area (Å²) in [5, 5.41) is 3.51. The largest absolute Gasteiger partial charge is 0.496 e. The van der Waals surface area contributed by atoms with Gasteiger partial charge in [0.1, 0.15) is 11.6 Å². The van der Waals surface area contributed by atoms with Crippen LogP contribution in [0.15, 0.2) is 30.6 Å². The van der Waals surface area contributed by atoms with Crippen LogP contribution in [0.2, 0.25) is 5.02 Å². The second-order valence-electron chi connectivity index (χ2n) is 5.06. The molecule has 5 nitrogen and oxygen atoms in total. The number of methoxy groups -OCH3 is 1. The first-order chi connectivity index (χ1) is 10.6. The smallest absolute Gasteiger partial charge is 0.255 e. The molecule has 118 valence electrons. The molecule has 1 aromatic heterocycles. The lowest BCUT2D eigenvalue weighted by molar-refractivity contribution is 0.0929. The van der Waals surface area contributed by atoms with Crippen LogP contribution in [0.4, 0.5) is 0 Å². The molecule has 1 N–H and O–H groups in total. The summed E-state index contributed by atoms with van der Waals surface area (Å²) in [5.41, 5.74) is 0.422. The number of benzene rings is 1. The summed E-state index contributed by atoms with van der Waals surface area (Å²) in [6.45, 7) is 2.07. The molecule has 1 aromatic carbocycles. The van der Waals surface area contributed by atoms with E-state index in [9.17, 15) is 4.79 Å². The van der Waals surface area contributed by atoms with Crippen molar-refractivity contribution in [2.75, 3.05) is 7.11 Å². The van der Waals surface area contributed by atoms with E-state index in [-0.39, 0.29) is 11.9 Å². The van der Waals surface area contributed by atoms with Crippen LogP contribution in [-0.4, -0.2) is 22.6 Å². The molecule has 0 radical (unpaired) electrons. The van der Waals surface area contributed by atoms with E-state index in [1.165, 1.54) is 7.11 Å². The number of hydrogen-bond donors (Lipinski definition) is 1. The number of aromatic nitrogens is 2. The highest BCUT2D eigenvalue weighted by atomic mass is 35.5. The minimum atomic E-state index is -0.221. The van der Waals surface area contributed by atoms with Crippen molar-refractivity contribution < 1.29 is 9.53 Å². The molecule has 0 aliphatic rings. The van der Waals surface area contributed by atoms with E-state index in [1.54, 1.807) is 24.4 Å². The van der Waals surface area contributed by atoms with Crippen molar-refractivity contribution in [1.82, 2.24) is 14.9 Å². The molecule has 6 heteroatoms. The summed E-state index contributed by atoms with van der Waals surface area (Å²) in [4.78, 5) is 16.9.